The molecular formula is C18H19N3O2S2. The minimum absolute atomic E-state index is 0.0469. The summed E-state index contributed by atoms with van der Waals surface area (Å²) < 4.78 is 7.53. The highest BCUT2D eigenvalue weighted by Crippen LogP contribution is 2.31. The Balaban J connectivity index is 1.85. The molecule has 2 heterocycles. The number of Topliss-reactive ketones (excluding diaryl/α,β-unsaturated/α-hetero) is 1. The third-order valence-corrected chi connectivity index (χ3v) is 5.70. The van der Waals surface area contributed by atoms with Crippen molar-refractivity contribution in [2.45, 2.75) is 31.3 Å². The van der Waals surface area contributed by atoms with Gasteiger partial charge in [0, 0.05) is 23.4 Å². The maximum atomic E-state index is 11.6. The number of benzene rings is 1. The van der Waals surface area contributed by atoms with Crippen molar-refractivity contribution in [3.8, 4) is 16.5 Å². The third-order valence-electron chi connectivity index (χ3n) is 3.82. The predicted octanol–water partition coefficient (Wildman–Crippen LogP) is 4.53. The van der Waals surface area contributed by atoms with Crippen LogP contribution < -0.4 is 4.74 Å². The highest BCUT2D eigenvalue weighted by atomic mass is 32.2. The van der Waals surface area contributed by atoms with E-state index in [0.717, 1.165) is 33.7 Å². The number of ketones is 1. The number of carbonyl (C=O) groups excluding carboxylic acids is 1. The quantitative estimate of drug-likeness (QED) is 0.450. The van der Waals surface area contributed by atoms with Crippen molar-refractivity contribution in [2.75, 3.05) is 7.11 Å². The summed E-state index contributed by atoms with van der Waals surface area (Å²) in [6.45, 7) is 4.45. The number of hydrogen-bond acceptors (Lipinski definition) is 6. The Morgan fingerprint density at radius 2 is 2.16 bits per heavy atom. The van der Waals surface area contributed by atoms with Crippen LogP contribution in [0, 0.1) is 0 Å². The lowest BCUT2D eigenvalue weighted by atomic mass is 10.1. The summed E-state index contributed by atoms with van der Waals surface area (Å²) in [5, 5.41) is 11.6. The van der Waals surface area contributed by atoms with Crippen LogP contribution in [0.25, 0.3) is 10.7 Å². The second kappa shape index (κ2) is 7.84. The van der Waals surface area contributed by atoms with E-state index in [1.54, 1.807) is 43.2 Å². The van der Waals surface area contributed by atoms with Gasteiger partial charge in [0.05, 0.1) is 12.0 Å². The standard InChI is InChI=1S/C18H19N3O2S2/c1-4-21-17(16-6-5-9-24-16)19-20-18(21)25-11-14-10-13(12(2)22)7-8-15(14)23-3/h5-10H,4,11H2,1-3H3. The van der Waals surface area contributed by atoms with Gasteiger partial charge in [-0.2, -0.15) is 0 Å². The van der Waals surface area contributed by atoms with Crippen molar-refractivity contribution in [1.29, 1.82) is 0 Å². The SMILES string of the molecule is CCn1c(SCc2cc(C(C)=O)ccc2OC)nnc1-c1cccs1. The molecule has 2 aromatic heterocycles. The zero-order valence-electron chi connectivity index (χ0n) is 14.4. The van der Waals surface area contributed by atoms with Crippen molar-refractivity contribution in [3.63, 3.8) is 0 Å². The smallest absolute Gasteiger partial charge is 0.191 e. The van der Waals surface area contributed by atoms with E-state index in [4.69, 9.17) is 4.74 Å². The first kappa shape index (κ1) is 17.7. The van der Waals surface area contributed by atoms with E-state index in [-0.39, 0.29) is 5.78 Å². The highest BCUT2D eigenvalue weighted by Gasteiger charge is 2.15. The van der Waals surface area contributed by atoms with Crippen LogP contribution in [0.5, 0.6) is 5.75 Å². The van der Waals surface area contributed by atoms with Gasteiger partial charge in [0.2, 0.25) is 0 Å². The van der Waals surface area contributed by atoms with Crippen LogP contribution in [0.15, 0.2) is 40.9 Å². The summed E-state index contributed by atoms with van der Waals surface area (Å²) in [4.78, 5) is 12.7. The predicted molar refractivity (Wildman–Crippen MR) is 102 cm³/mol. The Morgan fingerprint density at radius 1 is 1.32 bits per heavy atom. The molecule has 0 N–H and O–H groups in total. The molecule has 0 aliphatic rings. The second-order valence-corrected chi connectivity index (χ2v) is 7.29. The van der Waals surface area contributed by atoms with E-state index < -0.39 is 0 Å². The van der Waals surface area contributed by atoms with Crippen molar-refractivity contribution in [2.24, 2.45) is 0 Å². The molecule has 1 aromatic carbocycles. The fourth-order valence-electron chi connectivity index (χ4n) is 2.52. The van der Waals surface area contributed by atoms with Gasteiger partial charge >= 0.3 is 0 Å². The molecule has 0 fully saturated rings. The summed E-state index contributed by atoms with van der Waals surface area (Å²) in [6.07, 6.45) is 0. The lowest BCUT2D eigenvalue weighted by molar-refractivity contribution is 0.101. The molecule has 0 amide bonds. The first-order valence-electron chi connectivity index (χ1n) is 7.91. The second-order valence-electron chi connectivity index (χ2n) is 5.40. The molecule has 7 heteroatoms. The molecule has 0 radical (unpaired) electrons. The van der Waals surface area contributed by atoms with E-state index in [2.05, 4.69) is 27.8 Å². The third kappa shape index (κ3) is 3.77. The monoisotopic (exact) mass is 373 g/mol. The van der Waals surface area contributed by atoms with E-state index in [1.807, 2.05) is 23.6 Å². The number of thiophene rings is 1. The van der Waals surface area contributed by atoms with Crippen LogP contribution in [0.3, 0.4) is 0 Å². The Bertz CT molecular complexity index is 873. The van der Waals surface area contributed by atoms with Crippen LogP contribution in [-0.2, 0) is 12.3 Å². The van der Waals surface area contributed by atoms with Gasteiger partial charge in [-0.05, 0) is 43.5 Å². The van der Waals surface area contributed by atoms with Gasteiger partial charge in [-0.1, -0.05) is 17.8 Å². The molecule has 130 valence electrons. The molecular weight excluding hydrogens is 354 g/mol. The molecule has 0 saturated heterocycles. The number of ether oxygens (including phenoxy) is 1. The summed E-state index contributed by atoms with van der Waals surface area (Å²) in [5.41, 5.74) is 1.66. The molecule has 0 aliphatic heterocycles. The fraction of sp³-hybridized carbons (Fsp3) is 0.278. The van der Waals surface area contributed by atoms with Crippen molar-refractivity contribution >= 4 is 28.9 Å². The molecule has 0 bridgehead atoms. The maximum Gasteiger partial charge on any atom is 0.191 e. The molecule has 0 unspecified atom stereocenters. The average Bonchev–Trinajstić information content (AvgIpc) is 3.28. The summed E-state index contributed by atoms with van der Waals surface area (Å²) in [6, 6.07) is 9.59. The van der Waals surface area contributed by atoms with Crippen molar-refractivity contribution in [1.82, 2.24) is 14.8 Å². The molecule has 3 aromatic rings. The lowest BCUT2D eigenvalue weighted by Gasteiger charge is -2.10. The van der Waals surface area contributed by atoms with Crippen LogP contribution in [-0.4, -0.2) is 27.7 Å². The largest absolute Gasteiger partial charge is 0.496 e. The normalized spacial score (nSPS) is 10.8. The summed E-state index contributed by atoms with van der Waals surface area (Å²) in [5.74, 6) is 2.38. The van der Waals surface area contributed by atoms with Gasteiger partial charge < -0.3 is 9.30 Å². The van der Waals surface area contributed by atoms with Gasteiger partial charge in [-0.15, -0.1) is 21.5 Å². The highest BCUT2D eigenvalue weighted by molar-refractivity contribution is 7.98. The number of methoxy groups -OCH3 is 1. The van der Waals surface area contributed by atoms with Crippen LogP contribution >= 0.6 is 23.1 Å². The molecule has 3 rings (SSSR count). The van der Waals surface area contributed by atoms with Crippen LogP contribution in [0.4, 0.5) is 0 Å². The summed E-state index contributed by atoms with van der Waals surface area (Å²) >= 11 is 3.25. The van der Waals surface area contributed by atoms with Crippen molar-refractivity contribution in [3.05, 3.63) is 46.8 Å². The van der Waals surface area contributed by atoms with Crippen LogP contribution in [0.2, 0.25) is 0 Å². The number of hydrogen-bond donors (Lipinski definition) is 0. The first-order chi connectivity index (χ1) is 12.1. The molecule has 0 spiro atoms. The zero-order valence-corrected chi connectivity index (χ0v) is 16.0. The minimum atomic E-state index is 0.0469. The maximum absolute atomic E-state index is 11.6. The summed E-state index contributed by atoms with van der Waals surface area (Å²) in [7, 11) is 1.64. The van der Waals surface area contributed by atoms with Gasteiger partial charge in [-0.25, -0.2) is 0 Å². The topological polar surface area (TPSA) is 57.0 Å². The van der Waals surface area contributed by atoms with E-state index >= 15 is 0 Å². The van der Waals surface area contributed by atoms with Gasteiger partial charge in [0.15, 0.2) is 16.8 Å². The first-order valence-corrected chi connectivity index (χ1v) is 9.78. The van der Waals surface area contributed by atoms with E-state index in [9.17, 15) is 4.79 Å². The van der Waals surface area contributed by atoms with E-state index in [1.165, 1.54) is 0 Å². The number of aromatic nitrogens is 3. The number of rotatable bonds is 7. The van der Waals surface area contributed by atoms with Gasteiger partial charge in [-0.3, -0.25) is 4.79 Å². The van der Waals surface area contributed by atoms with Gasteiger partial charge in [0.1, 0.15) is 5.75 Å². The fourth-order valence-corrected chi connectivity index (χ4v) is 4.22. The van der Waals surface area contributed by atoms with Gasteiger partial charge in [0.25, 0.3) is 0 Å². The number of carbonyl (C=O) groups is 1. The van der Waals surface area contributed by atoms with Crippen molar-refractivity contribution < 1.29 is 9.53 Å². The lowest BCUT2D eigenvalue weighted by Crippen LogP contribution is -2.00. The Hall–Kier alpha value is -2.12. The molecule has 0 saturated carbocycles. The molecule has 0 aliphatic carbocycles. The number of nitrogens with zero attached hydrogens (tertiary/aromatic N) is 3. The molecule has 0 atom stereocenters. The van der Waals surface area contributed by atoms with Crippen LogP contribution in [0.1, 0.15) is 29.8 Å². The molecule has 25 heavy (non-hydrogen) atoms. The minimum Gasteiger partial charge on any atom is -0.496 e. The zero-order chi connectivity index (χ0) is 17.8. The number of thioether (sulfide) groups is 1. The van der Waals surface area contributed by atoms with E-state index in [0.29, 0.717) is 11.3 Å². The Labute approximate surface area is 155 Å². The Morgan fingerprint density at radius 3 is 2.80 bits per heavy atom. The molecule has 5 nitrogen and oxygen atoms in total. The average molecular weight is 374 g/mol. The Kier molecular flexibility index (Phi) is 5.55.